The first-order valence-corrected chi connectivity index (χ1v) is 7.64. The van der Waals surface area contributed by atoms with Crippen molar-refractivity contribution in [2.75, 3.05) is 18.7 Å². The lowest BCUT2D eigenvalue weighted by Gasteiger charge is -2.08. The van der Waals surface area contributed by atoms with Crippen LogP contribution in [0.2, 0.25) is 0 Å². The van der Waals surface area contributed by atoms with Crippen LogP contribution in [-0.4, -0.2) is 25.3 Å². The Bertz CT molecular complexity index is 811. The molecular formula is C16H11BrFNO5. The van der Waals surface area contributed by atoms with Gasteiger partial charge in [0.25, 0.3) is 5.91 Å². The number of hydrogen-bond acceptors (Lipinski definition) is 5. The monoisotopic (exact) mass is 395 g/mol. The smallest absolute Gasteiger partial charge is 0.341 e. The van der Waals surface area contributed by atoms with Crippen molar-refractivity contribution < 1.29 is 28.2 Å². The van der Waals surface area contributed by atoms with E-state index in [1.807, 2.05) is 0 Å². The van der Waals surface area contributed by atoms with Crippen molar-refractivity contribution in [2.45, 2.75) is 0 Å². The number of halogens is 2. The van der Waals surface area contributed by atoms with Gasteiger partial charge in [-0.1, -0.05) is 15.9 Å². The third kappa shape index (κ3) is 3.65. The molecule has 0 atom stereocenters. The molecule has 0 fully saturated rings. The lowest BCUT2D eigenvalue weighted by molar-refractivity contribution is -0.119. The first-order valence-electron chi connectivity index (χ1n) is 6.84. The third-order valence-electron chi connectivity index (χ3n) is 3.14. The average Bonchev–Trinajstić information content (AvgIpc) is 3.00. The number of amides is 1. The van der Waals surface area contributed by atoms with Gasteiger partial charge in [0.1, 0.15) is 5.82 Å². The summed E-state index contributed by atoms with van der Waals surface area (Å²) in [6.07, 6.45) is 0. The number of carbonyl (C=O) groups is 2. The average molecular weight is 396 g/mol. The highest BCUT2D eigenvalue weighted by atomic mass is 79.9. The predicted octanol–water partition coefficient (Wildman–Crippen LogP) is 3.11. The molecule has 2 aromatic carbocycles. The second-order valence-electron chi connectivity index (χ2n) is 4.82. The molecule has 8 heteroatoms. The van der Waals surface area contributed by atoms with Gasteiger partial charge in [0.15, 0.2) is 18.1 Å². The van der Waals surface area contributed by atoms with Crippen LogP contribution in [0.5, 0.6) is 11.5 Å². The minimum absolute atomic E-state index is 0.128. The highest BCUT2D eigenvalue weighted by Gasteiger charge is 2.17. The fraction of sp³-hybridized carbons (Fsp3) is 0.125. The van der Waals surface area contributed by atoms with E-state index in [-0.39, 0.29) is 12.4 Å². The summed E-state index contributed by atoms with van der Waals surface area (Å²) in [7, 11) is 0. The van der Waals surface area contributed by atoms with Crippen LogP contribution in [0, 0.1) is 5.82 Å². The molecule has 1 heterocycles. The molecule has 1 amide bonds. The van der Waals surface area contributed by atoms with Crippen molar-refractivity contribution in [1.82, 2.24) is 0 Å². The standard InChI is InChI=1S/C16H11BrFNO5/c17-9-1-3-11(12(18)5-9)16(21)22-7-15(20)19-10-2-4-13-14(6-10)24-8-23-13/h1-6H,7-8H2,(H,19,20). The Kier molecular flexibility index (Phi) is 4.66. The second kappa shape index (κ2) is 6.88. The van der Waals surface area contributed by atoms with E-state index >= 15 is 0 Å². The van der Waals surface area contributed by atoms with Crippen molar-refractivity contribution >= 4 is 33.5 Å². The van der Waals surface area contributed by atoms with Gasteiger partial charge in [-0.3, -0.25) is 4.79 Å². The van der Waals surface area contributed by atoms with Crippen molar-refractivity contribution in [1.29, 1.82) is 0 Å². The summed E-state index contributed by atoms with van der Waals surface area (Å²) in [4.78, 5) is 23.6. The Morgan fingerprint density at radius 2 is 1.96 bits per heavy atom. The van der Waals surface area contributed by atoms with Gasteiger partial charge in [0, 0.05) is 16.2 Å². The molecular weight excluding hydrogens is 385 g/mol. The van der Waals surface area contributed by atoms with E-state index < -0.39 is 24.3 Å². The molecule has 2 aromatic rings. The molecule has 0 bridgehead atoms. The van der Waals surface area contributed by atoms with Gasteiger partial charge in [-0.05, 0) is 30.3 Å². The summed E-state index contributed by atoms with van der Waals surface area (Å²) < 4.78 is 29.3. The molecule has 0 unspecified atom stereocenters. The number of benzene rings is 2. The van der Waals surface area contributed by atoms with Crippen LogP contribution in [0.25, 0.3) is 0 Å². The van der Waals surface area contributed by atoms with Crippen LogP contribution in [0.3, 0.4) is 0 Å². The van der Waals surface area contributed by atoms with Crippen LogP contribution in [-0.2, 0) is 9.53 Å². The molecule has 0 spiro atoms. The quantitative estimate of drug-likeness (QED) is 0.805. The summed E-state index contributed by atoms with van der Waals surface area (Å²) in [5.41, 5.74) is 0.226. The fourth-order valence-corrected chi connectivity index (χ4v) is 2.37. The first-order chi connectivity index (χ1) is 11.5. The molecule has 0 aliphatic carbocycles. The number of anilines is 1. The van der Waals surface area contributed by atoms with Crippen LogP contribution in [0.1, 0.15) is 10.4 Å². The summed E-state index contributed by atoms with van der Waals surface area (Å²) in [6, 6.07) is 8.80. The van der Waals surface area contributed by atoms with E-state index in [1.54, 1.807) is 18.2 Å². The van der Waals surface area contributed by atoms with Gasteiger partial charge in [-0.2, -0.15) is 0 Å². The molecule has 0 radical (unpaired) electrons. The molecule has 6 nitrogen and oxygen atoms in total. The molecule has 0 aromatic heterocycles. The van der Waals surface area contributed by atoms with E-state index in [9.17, 15) is 14.0 Å². The molecule has 24 heavy (non-hydrogen) atoms. The Morgan fingerprint density at radius 1 is 1.17 bits per heavy atom. The molecule has 1 N–H and O–H groups in total. The minimum atomic E-state index is -0.916. The Hall–Kier alpha value is -2.61. The lowest BCUT2D eigenvalue weighted by atomic mass is 10.2. The van der Waals surface area contributed by atoms with Crippen molar-refractivity contribution in [3.8, 4) is 11.5 Å². The van der Waals surface area contributed by atoms with E-state index in [2.05, 4.69) is 21.2 Å². The zero-order valence-corrected chi connectivity index (χ0v) is 13.8. The molecule has 1 aliphatic heterocycles. The van der Waals surface area contributed by atoms with Gasteiger partial charge in [-0.25, -0.2) is 9.18 Å². The molecule has 0 saturated carbocycles. The van der Waals surface area contributed by atoms with E-state index in [0.29, 0.717) is 21.7 Å². The molecule has 0 saturated heterocycles. The van der Waals surface area contributed by atoms with E-state index in [1.165, 1.54) is 12.1 Å². The number of hydrogen-bond donors (Lipinski definition) is 1. The molecule has 124 valence electrons. The van der Waals surface area contributed by atoms with Crippen LogP contribution in [0.15, 0.2) is 40.9 Å². The largest absolute Gasteiger partial charge is 0.454 e. The number of esters is 1. The molecule has 1 aliphatic rings. The van der Waals surface area contributed by atoms with Gasteiger partial charge in [-0.15, -0.1) is 0 Å². The van der Waals surface area contributed by atoms with Crippen LogP contribution >= 0.6 is 15.9 Å². The minimum Gasteiger partial charge on any atom is -0.454 e. The summed E-state index contributed by atoms with van der Waals surface area (Å²) >= 11 is 3.09. The number of fused-ring (bicyclic) bond motifs is 1. The van der Waals surface area contributed by atoms with E-state index in [4.69, 9.17) is 14.2 Å². The first kappa shape index (κ1) is 16.3. The molecule has 3 rings (SSSR count). The lowest BCUT2D eigenvalue weighted by Crippen LogP contribution is -2.21. The third-order valence-corrected chi connectivity index (χ3v) is 3.63. The van der Waals surface area contributed by atoms with Gasteiger partial charge in [0.05, 0.1) is 5.56 Å². The SMILES string of the molecule is O=C(COC(=O)c1ccc(Br)cc1F)Nc1ccc2c(c1)OCO2. The highest BCUT2D eigenvalue weighted by Crippen LogP contribution is 2.34. The number of carbonyl (C=O) groups excluding carboxylic acids is 2. The Balaban J connectivity index is 1.56. The van der Waals surface area contributed by atoms with Gasteiger partial charge < -0.3 is 19.5 Å². The highest BCUT2D eigenvalue weighted by molar-refractivity contribution is 9.10. The summed E-state index contributed by atoms with van der Waals surface area (Å²) in [6.45, 7) is -0.411. The topological polar surface area (TPSA) is 73.9 Å². The predicted molar refractivity (Wildman–Crippen MR) is 85.6 cm³/mol. The van der Waals surface area contributed by atoms with Crippen LogP contribution < -0.4 is 14.8 Å². The zero-order chi connectivity index (χ0) is 17.1. The van der Waals surface area contributed by atoms with Gasteiger partial charge in [0.2, 0.25) is 6.79 Å². The Labute approximate surface area is 144 Å². The summed E-state index contributed by atoms with van der Waals surface area (Å²) in [5.74, 6) is -1.10. The maximum atomic E-state index is 13.6. The van der Waals surface area contributed by atoms with Gasteiger partial charge >= 0.3 is 5.97 Å². The fourth-order valence-electron chi connectivity index (χ4n) is 2.04. The zero-order valence-electron chi connectivity index (χ0n) is 12.2. The number of ether oxygens (including phenoxy) is 3. The van der Waals surface area contributed by atoms with Crippen molar-refractivity contribution in [2.24, 2.45) is 0 Å². The van der Waals surface area contributed by atoms with Crippen molar-refractivity contribution in [3.05, 3.63) is 52.3 Å². The van der Waals surface area contributed by atoms with Crippen LogP contribution in [0.4, 0.5) is 10.1 Å². The number of rotatable bonds is 4. The summed E-state index contributed by atoms with van der Waals surface area (Å²) in [5, 5.41) is 2.55. The number of nitrogens with one attached hydrogen (secondary N) is 1. The normalized spacial score (nSPS) is 11.9. The second-order valence-corrected chi connectivity index (χ2v) is 5.73. The van der Waals surface area contributed by atoms with E-state index in [0.717, 1.165) is 6.07 Å². The Morgan fingerprint density at radius 3 is 2.75 bits per heavy atom. The maximum Gasteiger partial charge on any atom is 0.341 e. The maximum absolute atomic E-state index is 13.6. The van der Waals surface area contributed by atoms with Crippen molar-refractivity contribution in [3.63, 3.8) is 0 Å².